The van der Waals surface area contributed by atoms with E-state index >= 15 is 0 Å². The molecule has 118 valence electrons. The van der Waals surface area contributed by atoms with E-state index < -0.39 is 0 Å². The second-order valence-corrected chi connectivity index (χ2v) is 5.00. The molecule has 0 aromatic heterocycles. The number of carbonyl (C=O) groups excluding carboxylic acids is 1. The number of nitrogens with two attached hydrogens (primary N) is 1. The maximum absolute atomic E-state index is 11.9. The fourth-order valence-electron chi connectivity index (χ4n) is 2.17. The van der Waals surface area contributed by atoms with Crippen LogP contribution < -0.4 is 20.5 Å². The second-order valence-electron chi connectivity index (χ2n) is 5.00. The van der Waals surface area contributed by atoms with E-state index in [2.05, 4.69) is 5.32 Å². The van der Waals surface area contributed by atoms with Gasteiger partial charge in [-0.2, -0.15) is 0 Å². The molecular formula is C16H26N2O3. The summed E-state index contributed by atoms with van der Waals surface area (Å²) in [5.41, 5.74) is 6.37. The maximum atomic E-state index is 11.9. The molecule has 1 aromatic rings. The van der Waals surface area contributed by atoms with Crippen LogP contribution in [-0.2, 0) is 4.79 Å². The van der Waals surface area contributed by atoms with Gasteiger partial charge in [-0.05, 0) is 38.4 Å². The Labute approximate surface area is 126 Å². The molecule has 0 spiro atoms. The number of hydrogen-bond acceptors (Lipinski definition) is 4. The van der Waals surface area contributed by atoms with Crippen molar-refractivity contribution < 1.29 is 14.3 Å². The minimum absolute atomic E-state index is 0.0531. The van der Waals surface area contributed by atoms with Crippen molar-refractivity contribution in [3.8, 4) is 11.5 Å². The van der Waals surface area contributed by atoms with E-state index in [0.717, 1.165) is 30.6 Å². The van der Waals surface area contributed by atoms with Gasteiger partial charge < -0.3 is 20.5 Å². The first kappa shape index (κ1) is 17.3. The zero-order valence-electron chi connectivity index (χ0n) is 13.1. The van der Waals surface area contributed by atoms with Gasteiger partial charge in [0, 0.05) is 18.1 Å². The molecule has 1 atom stereocenters. The van der Waals surface area contributed by atoms with E-state index in [1.54, 1.807) is 14.2 Å². The Morgan fingerprint density at radius 2 is 2.00 bits per heavy atom. The van der Waals surface area contributed by atoms with Crippen LogP contribution >= 0.6 is 0 Å². The zero-order valence-corrected chi connectivity index (χ0v) is 13.1. The molecule has 0 radical (unpaired) electrons. The lowest BCUT2D eigenvalue weighted by atomic mass is 10.1. The smallest absolute Gasteiger partial charge is 0.220 e. The molecule has 5 heteroatoms. The molecule has 0 heterocycles. The average Bonchev–Trinajstić information content (AvgIpc) is 2.50. The molecule has 5 nitrogen and oxygen atoms in total. The van der Waals surface area contributed by atoms with Crippen LogP contribution in [-0.4, -0.2) is 26.7 Å². The van der Waals surface area contributed by atoms with Crippen LogP contribution in [0.1, 0.15) is 44.2 Å². The van der Waals surface area contributed by atoms with E-state index in [9.17, 15) is 4.79 Å². The largest absolute Gasteiger partial charge is 0.497 e. The number of methoxy groups -OCH3 is 2. The van der Waals surface area contributed by atoms with Crippen LogP contribution in [0.3, 0.4) is 0 Å². The van der Waals surface area contributed by atoms with Gasteiger partial charge in [-0.1, -0.05) is 6.42 Å². The third kappa shape index (κ3) is 5.63. The van der Waals surface area contributed by atoms with Crippen molar-refractivity contribution in [3.63, 3.8) is 0 Å². The molecule has 1 rings (SSSR count). The lowest BCUT2D eigenvalue weighted by Crippen LogP contribution is -2.26. The normalized spacial score (nSPS) is 11.8. The highest BCUT2D eigenvalue weighted by Crippen LogP contribution is 2.29. The molecule has 3 N–H and O–H groups in total. The van der Waals surface area contributed by atoms with Crippen LogP contribution in [0.25, 0.3) is 0 Å². The highest BCUT2D eigenvalue weighted by molar-refractivity contribution is 5.76. The number of benzene rings is 1. The molecule has 0 saturated carbocycles. The standard InChI is InChI=1S/C16H26N2O3/c1-12(18-16(19)7-5-4-6-10-17)14-9-8-13(20-2)11-15(14)21-3/h8-9,11-12H,4-7,10,17H2,1-3H3,(H,18,19). The van der Waals surface area contributed by atoms with Gasteiger partial charge in [-0.3, -0.25) is 4.79 Å². The summed E-state index contributed by atoms with van der Waals surface area (Å²) in [5, 5.41) is 2.99. The summed E-state index contributed by atoms with van der Waals surface area (Å²) in [6.45, 7) is 2.63. The summed E-state index contributed by atoms with van der Waals surface area (Å²) in [7, 11) is 3.22. The van der Waals surface area contributed by atoms with Crippen molar-refractivity contribution in [3.05, 3.63) is 23.8 Å². The Morgan fingerprint density at radius 3 is 2.62 bits per heavy atom. The molecule has 1 aromatic carbocycles. The number of hydrogen-bond donors (Lipinski definition) is 2. The summed E-state index contributed by atoms with van der Waals surface area (Å²) < 4.78 is 10.5. The Balaban J connectivity index is 2.58. The Hall–Kier alpha value is -1.75. The molecule has 21 heavy (non-hydrogen) atoms. The van der Waals surface area contributed by atoms with Gasteiger partial charge in [-0.25, -0.2) is 0 Å². The van der Waals surface area contributed by atoms with Gasteiger partial charge in [0.2, 0.25) is 5.91 Å². The topological polar surface area (TPSA) is 73.6 Å². The first-order valence-electron chi connectivity index (χ1n) is 7.33. The van der Waals surface area contributed by atoms with E-state index in [1.807, 2.05) is 25.1 Å². The van der Waals surface area contributed by atoms with Crippen molar-refractivity contribution >= 4 is 5.91 Å². The Morgan fingerprint density at radius 1 is 1.24 bits per heavy atom. The summed E-state index contributed by atoms with van der Waals surface area (Å²) in [5.74, 6) is 1.50. The lowest BCUT2D eigenvalue weighted by Gasteiger charge is -2.18. The highest BCUT2D eigenvalue weighted by Gasteiger charge is 2.14. The van der Waals surface area contributed by atoms with Crippen molar-refractivity contribution in [1.82, 2.24) is 5.32 Å². The molecule has 0 saturated heterocycles. The molecule has 1 amide bonds. The first-order valence-corrected chi connectivity index (χ1v) is 7.33. The predicted molar refractivity (Wildman–Crippen MR) is 83.6 cm³/mol. The minimum Gasteiger partial charge on any atom is -0.497 e. The van der Waals surface area contributed by atoms with Crippen LogP contribution in [0.15, 0.2) is 18.2 Å². The highest BCUT2D eigenvalue weighted by atomic mass is 16.5. The average molecular weight is 294 g/mol. The van der Waals surface area contributed by atoms with E-state index in [4.69, 9.17) is 15.2 Å². The van der Waals surface area contributed by atoms with Gasteiger partial charge in [0.25, 0.3) is 0 Å². The molecule has 0 bridgehead atoms. The summed E-state index contributed by atoms with van der Waals surface area (Å²) in [6, 6.07) is 5.49. The lowest BCUT2D eigenvalue weighted by molar-refractivity contribution is -0.121. The van der Waals surface area contributed by atoms with Crippen LogP contribution in [0.4, 0.5) is 0 Å². The SMILES string of the molecule is COc1ccc(C(C)NC(=O)CCCCCN)c(OC)c1. The second kappa shape index (κ2) is 9.23. The van der Waals surface area contributed by atoms with Crippen molar-refractivity contribution in [2.45, 2.75) is 38.6 Å². The Bertz CT molecular complexity index is 449. The van der Waals surface area contributed by atoms with Gasteiger partial charge in [0.15, 0.2) is 0 Å². The van der Waals surface area contributed by atoms with Crippen LogP contribution in [0.5, 0.6) is 11.5 Å². The third-order valence-electron chi connectivity index (χ3n) is 3.39. The molecule has 0 fully saturated rings. The number of unbranched alkanes of at least 4 members (excludes halogenated alkanes) is 2. The van der Waals surface area contributed by atoms with Crippen molar-refractivity contribution in [2.24, 2.45) is 5.73 Å². The summed E-state index contributed by atoms with van der Waals surface area (Å²) in [6.07, 6.45) is 3.36. The van der Waals surface area contributed by atoms with Crippen molar-refractivity contribution in [2.75, 3.05) is 20.8 Å². The summed E-state index contributed by atoms with van der Waals surface area (Å²) in [4.78, 5) is 11.9. The molecule has 0 aliphatic heterocycles. The minimum atomic E-state index is -0.104. The van der Waals surface area contributed by atoms with E-state index in [1.165, 1.54) is 0 Å². The van der Waals surface area contributed by atoms with Gasteiger partial charge >= 0.3 is 0 Å². The molecular weight excluding hydrogens is 268 g/mol. The van der Waals surface area contributed by atoms with E-state index in [0.29, 0.717) is 18.7 Å². The van der Waals surface area contributed by atoms with Gasteiger partial charge in [0.1, 0.15) is 11.5 Å². The van der Waals surface area contributed by atoms with Crippen molar-refractivity contribution in [1.29, 1.82) is 0 Å². The Kier molecular flexibility index (Phi) is 7.61. The molecule has 0 aliphatic carbocycles. The van der Waals surface area contributed by atoms with Gasteiger partial charge in [-0.15, -0.1) is 0 Å². The van der Waals surface area contributed by atoms with Crippen LogP contribution in [0.2, 0.25) is 0 Å². The number of rotatable bonds is 9. The summed E-state index contributed by atoms with van der Waals surface area (Å²) >= 11 is 0. The number of nitrogens with one attached hydrogen (secondary N) is 1. The quantitative estimate of drug-likeness (QED) is 0.686. The third-order valence-corrected chi connectivity index (χ3v) is 3.39. The van der Waals surface area contributed by atoms with E-state index in [-0.39, 0.29) is 11.9 Å². The number of ether oxygens (including phenoxy) is 2. The number of carbonyl (C=O) groups is 1. The fraction of sp³-hybridized carbons (Fsp3) is 0.562. The van der Waals surface area contributed by atoms with Crippen LogP contribution in [0, 0.1) is 0 Å². The monoisotopic (exact) mass is 294 g/mol. The first-order chi connectivity index (χ1) is 10.1. The molecule has 0 aliphatic rings. The molecule has 1 unspecified atom stereocenters. The maximum Gasteiger partial charge on any atom is 0.220 e. The zero-order chi connectivity index (χ0) is 15.7. The fourth-order valence-corrected chi connectivity index (χ4v) is 2.17. The number of amides is 1. The van der Waals surface area contributed by atoms with Gasteiger partial charge in [0.05, 0.1) is 20.3 Å². The predicted octanol–water partition coefficient (Wildman–Crippen LogP) is 2.40.